The summed E-state index contributed by atoms with van der Waals surface area (Å²) in [6.45, 7) is 3.61. The van der Waals surface area contributed by atoms with Gasteiger partial charge in [-0.05, 0) is 54.8 Å². The molecule has 0 radical (unpaired) electrons. The summed E-state index contributed by atoms with van der Waals surface area (Å²) in [5.74, 6) is -1.41. The van der Waals surface area contributed by atoms with Crippen molar-refractivity contribution in [3.63, 3.8) is 0 Å². The van der Waals surface area contributed by atoms with Crippen molar-refractivity contribution in [2.24, 2.45) is 0 Å². The Labute approximate surface area is 248 Å². The zero-order valence-corrected chi connectivity index (χ0v) is 25.4. The lowest BCUT2D eigenvalue weighted by Gasteiger charge is -2.20. The second-order valence-electron chi connectivity index (χ2n) is 10.6. The van der Waals surface area contributed by atoms with Gasteiger partial charge in [-0.1, -0.05) is 13.0 Å². The van der Waals surface area contributed by atoms with Gasteiger partial charge in [-0.15, -0.1) is 9.35 Å². The highest BCUT2D eigenvalue weighted by molar-refractivity contribution is 7.86. The molecular weight excluding hydrogens is 574 g/mol. The monoisotopic (exact) mass is 606 g/mol. The molecule has 1 aliphatic carbocycles. The average molecular weight is 607 g/mol. The lowest BCUT2D eigenvalue weighted by atomic mass is 9.90. The molecule has 0 atom stereocenters. The second kappa shape index (κ2) is 11.6. The van der Waals surface area contributed by atoms with Crippen molar-refractivity contribution in [2.75, 3.05) is 32.0 Å². The SMILES string of the molecule is CCCS(=O)(=O)ON(C)c1ccc2c(-c3ccc(C(=O)ON4C(=O)CCC4=O)cc3C)c3ccc(=[N+](C)C)cc-3oc2c1. The minimum absolute atomic E-state index is 0.0109. The number of rotatable bonds is 8. The molecule has 0 bridgehead atoms. The Morgan fingerprint density at radius 1 is 1.00 bits per heavy atom. The molecule has 2 aromatic rings. The van der Waals surface area contributed by atoms with Crippen LogP contribution < -0.4 is 15.0 Å². The number of imide groups is 1. The number of aryl methyl sites for hydroxylation is 1. The highest BCUT2D eigenvalue weighted by Gasteiger charge is 2.33. The van der Waals surface area contributed by atoms with Gasteiger partial charge >= 0.3 is 5.97 Å². The Bertz CT molecular complexity index is 1910. The third-order valence-corrected chi connectivity index (χ3v) is 8.52. The second-order valence-corrected chi connectivity index (χ2v) is 12.2. The summed E-state index contributed by atoms with van der Waals surface area (Å²) in [5.41, 5.74) is 4.39. The van der Waals surface area contributed by atoms with Crippen LogP contribution in [0.5, 0.6) is 0 Å². The Morgan fingerprint density at radius 3 is 2.35 bits per heavy atom. The lowest BCUT2D eigenvalue weighted by Crippen LogP contribution is -2.32. The predicted octanol–water partition coefficient (Wildman–Crippen LogP) is 3.87. The van der Waals surface area contributed by atoms with E-state index >= 15 is 0 Å². The van der Waals surface area contributed by atoms with Crippen LogP contribution in [-0.2, 0) is 28.8 Å². The van der Waals surface area contributed by atoms with E-state index in [-0.39, 0.29) is 24.2 Å². The molecule has 5 rings (SSSR count). The molecule has 12 heteroatoms. The minimum Gasteiger partial charge on any atom is -0.456 e. The van der Waals surface area contributed by atoms with E-state index in [1.165, 1.54) is 12.1 Å². The Morgan fingerprint density at radius 2 is 1.70 bits per heavy atom. The molecule has 0 unspecified atom stereocenters. The maximum absolute atomic E-state index is 12.8. The largest absolute Gasteiger partial charge is 0.456 e. The molecule has 0 aromatic heterocycles. The number of carbonyl (C=O) groups is 3. The fourth-order valence-electron chi connectivity index (χ4n) is 5.00. The number of benzene rings is 3. The maximum atomic E-state index is 12.8. The zero-order valence-electron chi connectivity index (χ0n) is 24.5. The van der Waals surface area contributed by atoms with E-state index in [4.69, 9.17) is 13.5 Å². The van der Waals surface area contributed by atoms with E-state index in [0.29, 0.717) is 28.5 Å². The number of hydrogen-bond acceptors (Lipinski definition) is 9. The summed E-state index contributed by atoms with van der Waals surface area (Å²) >= 11 is 0. The van der Waals surface area contributed by atoms with Crippen LogP contribution in [0.25, 0.3) is 33.4 Å². The molecule has 0 N–H and O–H groups in total. The first-order valence-corrected chi connectivity index (χ1v) is 15.3. The summed E-state index contributed by atoms with van der Waals surface area (Å²) in [5, 5.41) is 3.40. The van der Waals surface area contributed by atoms with Crippen molar-refractivity contribution in [2.45, 2.75) is 33.1 Å². The van der Waals surface area contributed by atoms with E-state index < -0.39 is 27.9 Å². The van der Waals surface area contributed by atoms with Crippen LogP contribution in [0.4, 0.5) is 5.69 Å². The average Bonchev–Trinajstić information content (AvgIpc) is 3.27. The van der Waals surface area contributed by atoms with Crippen LogP contribution in [0.1, 0.15) is 42.1 Å². The molecule has 2 heterocycles. The number of anilines is 1. The molecule has 11 nitrogen and oxygen atoms in total. The van der Waals surface area contributed by atoms with Gasteiger partial charge < -0.3 is 9.25 Å². The summed E-state index contributed by atoms with van der Waals surface area (Å²) in [6.07, 6.45) is 0.450. The first kappa shape index (κ1) is 29.9. The molecule has 224 valence electrons. The topological polar surface area (TPSA) is 126 Å². The summed E-state index contributed by atoms with van der Waals surface area (Å²) in [6, 6.07) is 16.2. The minimum atomic E-state index is -3.75. The third kappa shape index (κ3) is 6.02. The van der Waals surface area contributed by atoms with E-state index in [9.17, 15) is 22.8 Å². The van der Waals surface area contributed by atoms with Gasteiger partial charge in [0.15, 0.2) is 0 Å². The van der Waals surface area contributed by atoms with Crippen LogP contribution >= 0.6 is 0 Å². The molecular formula is C31H32N3O8S+. The van der Waals surface area contributed by atoms with E-state index in [1.807, 2.05) is 49.9 Å². The number of nitrogens with zero attached hydrogens (tertiary/aromatic N) is 3. The van der Waals surface area contributed by atoms with Gasteiger partial charge in [-0.3, -0.25) is 9.59 Å². The number of hydroxylamine groups is 3. The quantitative estimate of drug-likeness (QED) is 0.127. The summed E-state index contributed by atoms with van der Waals surface area (Å²) in [7, 11) is 1.62. The Kier molecular flexibility index (Phi) is 8.08. The third-order valence-electron chi connectivity index (χ3n) is 7.16. The molecule has 2 amide bonds. The molecule has 0 saturated carbocycles. The van der Waals surface area contributed by atoms with Crippen LogP contribution in [0.3, 0.4) is 0 Å². The van der Waals surface area contributed by atoms with E-state index in [1.54, 1.807) is 37.3 Å². The molecule has 1 fully saturated rings. The van der Waals surface area contributed by atoms with E-state index in [0.717, 1.165) is 33.0 Å². The lowest BCUT2D eigenvalue weighted by molar-refractivity contribution is -0.172. The highest BCUT2D eigenvalue weighted by Crippen LogP contribution is 2.42. The molecule has 2 aliphatic heterocycles. The molecule has 1 saturated heterocycles. The van der Waals surface area contributed by atoms with E-state index in [2.05, 4.69) is 0 Å². The number of amides is 2. The van der Waals surface area contributed by atoms with Gasteiger partial charge in [-0.25, -0.2) is 14.4 Å². The fourth-order valence-corrected chi connectivity index (χ4v) is 6.00. The smallest absolute Gasteiger partial charge is 0.363 e. The van der Waals surface area contributed by atoms with Gasteiger partial charge in [0, 0.05) is 48.5 Å². The number of carbonyl (C=O) groups excluding carboxylic acids is 3. The van der Waals surface area contributed by atoms with Crippen LogP contribution in [0, 0.1) is 6.92 Å². The highest BCUT2D eigenvalue weighted by atomic mass is 32.2. The fraction of sp³-hybridized carbons (Fsp3) is 0.290. The summed E-state index contributed by atoms with van der Waals surface area (Å²) in [4.78, 5) is 41.7. The van der Waals surface area contributed by atoms with Crippen molar-refractivity contribution in [1.29, 1.82) is 0 Å². The van der Waals surface area contributed by atoms with Gasteiger partial charge in [0.2, 0.25) is 5.36 Å². The van der Waals surface area contributed by atoms with Crippen molar-refractivity contribution in [1.82, 2.24) is 9.64 Å². The van der Waals surface area contributed by atoms with Gasteiger partial charge in [0.05, 0.1) is 23.1 Å². The van der Waals surface area contributed by atoms with Crippen LogP contribution in [-0.4, -0.2) is 58.2 Å². The van der Waals surface area contributed by atoms with Crippen LogP contribution in [0.15, 0.2) is 59.0 Å². The summed E-state index contributed by atoms with van der Waals surface area (Å²) < 4.78 is 38.1. The van der Waals surface area contributed by atoms with Gasteiger partial charge in [-0.2, -0.15) is 8.42 Å². The van der Waals surface area contributed by atoms with Crippen molar-refractivity contribution in [3.05, 3.63) is 71.1 Å². The first-order valence-electron chi connectivity index (χ1n) is 13.7. The van der Waals surface area contributed by atoms with Crippen molar-refractivity contribution in [3.8, 4) is 22.5 Å². The Hall–Kier alpha value is -4.55. The van der Waals surface area contributed by atoms with Crippen molar-refractivity contribution >= 4 is 44.6 Å². The molecule has 0 spiro atoms. The van der Waals surface area contributed by atoms with Crippen LogP contribution in [0.2, 0.25) is 0 Å². The first-order chi connectivity index (χ1) is 20.4. The zero-order chi connectivity index (χ0) is 31.1. The maximum Gasteiger partial charge on any atom is 0.363 e. The van der Waals surface area contributed by atoms with Crippen molar-refractivity contribution < 1.29 is 36.3 Å². The Balaban J connectivity index is 1.62. The number of hydrogen-bond donors (Lipinski definition) is 0. The molecule has 43 heavy (non-hydrogen) atoms. The standard InChI is InChI=1S/C31H32N3O8S/c1-6-15-43(38,39)42-33(5)22-9-12-25-27(18-22)40-26-17-21(32(3)4)8-11-24(26)30(25)23-10-7-20(16-19(23)2)31(37)41-34-28(35)13-14-29(34)36/h7-12,16-18H,6,13-15H2,1-5H3/q+1. The molecule has 2 aromatic carbocycles. The van der Waals surface area contributed by atoms with Gasteiger partial charge in [0.1, 0.15) is 25.4 Å². The van der Waals surface area contributed by atoms with Gasteiger partial charge in [0.25, 0.3) is 21.9 Å². The normalized spacial score (nSPS) is 13.7. The predicted molar refractivity (Wildman–Crippen MR) is 160 cm³/mol. The molecule has 3 aliphatic rings. The number of fused-ring (bicyclic) bond motifs is 2.